The van der Waals surface area contributed by atoms with E-state index in [1.807, 2.05) is 0 Å². The van der Waals surface area contributed by atoms with Crippen molar-refractivity contribution in [3.8, 4) is 33.4 Å². The Labute approximate surface area is 302 Å². The molecule has 1 nitrogen and oxygen atoms in total. The van der Waals surface area contributed by atoms with Crippen molar-refractivity contribution in [1.82, 2.24) is 0 Å². The van der Waals surface area contributed by atoms with Crippen molar-refractivity contribution in [3.05, 3.63) is 174 Å². The first-order chi connectivity index (χ1) is 25.0. The third-order valence-corrected chi connectivity index (χ3v) is 12.7. The smallest absolute Gasteiger partial charge is 0.0543 e. The van der Waals surface area contributed by atoms with E-state index < -0.39 is 0 Å². The van der Waals surface area contributed by atoms with E-state index in [1.54, 1.807) is 0 Å². The Kier molecular flexibility index (Phi) is 6.90. The first-order valence-electron chi connectivity index (χ1n) is 18.8. The van der Waals surface area contributed by atoms with Crippen LogP contribution >= 0.6 is 0 Å². The third-order valence-electron chi connectivity index (χ3n) is 12.7. The Balaban J connectivity index is 1.12. The first kappa shape index (κ1) is 30.4. The monoisotopic (exact) mass is 657 g/mol. The number of benzene rings is 7. The second kappa shape index (κ2) is 11.6. The van der Waals surface area contributed by atoms with E-state index in [4.69, 9.17) is 0 Å². The highest BCUT2D eigenvalue weighted by Gasteiger charge is 2.45. The summed E-state index contributed by atoms with van der Waals surface area (Å²) in [6.07, 6.45) is 6.86. The number of nitrogens with zero attached hydrogens (tertiary/aromatic N) is 1. The summed E-state index contributed by atoms with van der Waals surface area (Å²) >= 11 is 0. The molecule has 0 unspecified atom stereocenters. The fraction of sp³-hybridized carbons (Fsp3) is 0.200. The van der Waals surface area contributed by atoms with Gasteiger partial charge in [-0.25, -0.2) is 0 Å². The fourth-order valence-electron chi connectivity index (χ4n) is 10.1. The van der Waals surface area contributed by atoms with Crippen LogP contribution in [-0.4, -0.2) is 0 Å². The van der Waals surface area contributed by atoms with E-state index in [-0.39, 0.29) is 5.41 Å². The zero-order valence-corrected chi connectivity index (χ0v) is 29.6. The average molecular weight is 658 g/mol. The summed E-state index contributed by atoms with van der Waals surface area (Å²) in [5.74, 6) is 0.931. The molecule has 7 aromatic rings. The largest absolute Gasteiger partial charge is 0.310 e. The van der Waals surface area contributed by atoms with Crippen molar-refractivity contribution in [2.45, 2.75) is 56.8 Å². The maximum absolute atomic E-state index is 2.51. The highest BCUT2D eigenvalue weighted by molar-refractivity contribution is 6.06. The summed E-state index contributed by atoms with van der Waals surface area (Å²) in [7, 11) is 0. The van der Waals surface area contributed by atoms with E-state index in [0.717, 1.165) is 5.92 Å². The third kappa shape index (κ3) is 4.75. The van der Waals surface area contributed by atoms with Gasteiger partial charge in [-0.1, -0.05) is 141 Å². The molecule has 0 aliphatic heterocycles. The standard InChI is InChI=1S/C50H43N/c1-49(2)44-18-7-6-15-43(44)48-45(49)19-10-20-46(48)51(40-27-23-38(24-28-40)50-31-29-34(33-50)30-32-50)39-25-21-36(22-26-39)42-17-9-14-37-13-8-16-41(47(37)42)35-11-4-3-5-12-35/h3-28,34H,29-33H2,1-2H3. The van der Waals surface area contributed by atoms with Gasteiger partial charge in [0.1, 0.15) is 0 Å². The van der Waals surface area contributed by atoms with Gasteiger partial charge in [0.25, 0.3) is 0 Å². The zero-order valence-electron chi connectivity index (χ0n) is 29.6. The molecule has 0 atom stereocenters. The van der Waals surface area contributed by atoms with Gasteiger partial charge in [0.2, 0.25) is 0 Å². The molecule has 0 spiro atoms. The van der Waals surface area contributed by atoms with Crippen LogP contribution in [0.4, 0.5) is 17.1 Å². The SMILES string of the molecule is CC1(C)c2ccccc2-c2c(N(c3ccc(-c4cccc5cccc(-c6ccccc6)c45)cc3)c3ccc(C45CCC(CC4)C5)cc3)cccc21. The first-order valence-corrected chi connectivity index (χ1v) is 18.8. The molecule has 7 aromatic carbocycles. The van der Waals surface area contributed by atoms with Gasteiger partial charge in [0.15, 0.2) is 0 Å². The molecule has 248 valence electrons. The maximum Gasteiger partial charge on any atom is 0.0543 e. The molecular weight excluding hydrogens is 615 g/mol. The predicted octanol–water partition coefficient (Wildman–Crippen LogP) is 13.8. The average Bonchev–Trinajstić information content (AvgIpc) is 3.87. The van der Waals surface area contributed by atoms with E-state index in [0.29, 0.717) is 5.41 Å². The van der Waals surface area contributed by atoms with Crippen LogP contribution in [0.15, 0.2) is 158 Å². The molecule has 2 bridgehead atoms. The van der Waals surface area contributed by atoms with Crippen molar-refractivity contribution >= 4 is 27.8 Å². The normalized spacial score (nSPS) is 19.6. The van der Waals surface area contributed by atoms with Crippen LogP contribution in [0.1, 0.15) is 62.6 Å². The van der Waals surface area contributed by atoms with Crippen LogP contribution in [0, 0.1) is 5.92 Å². The van der Waals surface area contributed by atoms with E-state index in [1.165, 1.54) is 110 Å². The highest BCUT2D eigenvalue weighted by Crippen LogP contribution is 2.57. The van der Waals surface area contributed by atoms with E-state index in [9.17, 15) is 0 Å². The summed E-state index contributed by atoms with van der Waals surface area (Å²) < 4.78 is 0. The van der Waals surface area contributed by atoms with Crippen LogP contribution in [-0.2, 0) is 10.8 Å². The van der Waals surface area contributed by atoms with Crippen molar-refractivity contribution in [3.63, 3.8) is 0 Å². The van der Waals surface area contributed by atoms with Gasteiger partial charge in [-0.3, -0.25) is 0 Å². The Morgan fingerprint density at radius 2 is 1.08 bits per heavy atom. The van der Waals surface area contributed by atoms with Crippen molar-refractivity contribution in [2.75, 3.05) is 4.90 Å². The number of anilines is 3. The van der Waals surface area contributed by atoms with Gasteiger partial charge < -0.3 is 4.90 Å². The summed E-state index contributed by atoms with van der Waals surface area (Å²) in [5, 5.41) is 2.56. The summed E-state index contributed by atoms with van der Waals surface area (Å²) in [6.45, 7) is 4.75. The van der Waals surface area contributed by atoms with Gasteiger partial charge in [-0.2, -0.15) is 0 Å². The lowest BCUT2D eigenvalue weighted by atomic mass is 9.78. The molecule has 0 saturated heterocycles. The summed E-state index contributed by atoms with van der Waals surface area (Å²) in [4.78, 5) is 2.51. The van der Waals surface area contributed by atoms with Crippen molar-refractivity contribution in [2.24, 2.45) is 5.92 Å². The number of hydrogen-bond acceptors (Lipinski definition) is 1. The van der Waals surface area contributed by atoms with Gasteiger partial charge in [-0.05, 0) is 129 Å². The Hall–Kier alpha value is -5.40. The summed E-state index contributed by atoms with van der Waals surface area (Å²) in [6, 6.07) is 59.1. The zero-order chi connectivity index (χ0) is 34.2. The number of fused-ring (bicyclic) bond motifs is 6. The molecule has 2 saturated carbocycles. The molecule has 0 heterocycles. The summed E-state index contributed by atoms with van der Waals surface area (Å²) in [5.41, 5.74) is 16.0. The maximum atomic E-state index is 2.51. The van der Waals surface area contributed by atoms with Gasteiger partial charge >= 0.3 is 0 Å². The molecule has 2 fully saturated rings. The van der Waals surface area contributed by atoms with Crippen LogP contribution in [0.25, 0.3) is 44.2 Å². The van der Waals surface area contributed by atoms with E-state index in [2.05, 4.69) is 176 Å². The van der Waals surface area contributed by atoms with E-state index >= 15 is 0 Å². The van der Waals surface area contributed by atoms with Crippen molar-refractivity contribution in [1.29, 1.82) is 0 Å². The van der Waals surface area contributed by atoms with Crippen molar-refractivity contribution < 1.29 is 0 Å². The number of hydrogen-bond donors (Lipinski definition) is 0. The second-order valence-corrected chi connectivity index (χ2v) is 15.8. The highest BCUT2D eigenvalue weighted by atomic mass is 15.1. The molecular formula is C50H43N. The van der Waals surface area contributed by atoms with Crippen LogP contribution < -0.4 is 4.90 Å². The van der Waals surface area contributed by atoms with Crippen LogP contribution in [0.5, 0.6) is 0 Å². The Bertz CT molecular complexity index is 2400. The quantitative estimate of drug-likeness (QED) is 0.172. The Morgan fingerprint density at radius 1 is 0.510 bits per heavy atom. The van der Waals surface area contributed by atoms with Gasteiger partial charge in [0, 0.05) is 22.4 Å². The fourth-order valence-corrected chi connectivity index (χ4v) is 10.1. The molecule has 0 radical (unpaired) electrons. The minimum Gasteiger partial charge on any atom is -0.310 e. The molecule has 3 aliphatic carbocycles. The molecule has 1 heteroatoms. The lowest BCUT2D eigenvalue weighted by molar-refractivity contribution is 0.419. The minimum atomic E-state index is -0.0627. The molecule has 3 aliphatic rings. The molecule has 51 heavy (non-hydrogen) atoms. The number of rotatable bonds is 6. The topological polar surface area (TPSA) is 3.24 Å². The predicted molar refractivity (Wildman–Crippen MR) is 215 cm³/mol. The van der Waals surface area contributed by atoms with Crippen LogP contribution in [0.2, 0.25) is 0 Å². The molecule has 0 aromatic heterocycles. The Morgan fingerprint density at radius 3 is 1.75 bits per heavy atom. The lowest BCUT2D eigenvalue weighted by Gasteiger charge is -2.31. The minimum absolute atomic E-state index is 0.0627. The van der Waals surface area contributed by atoms with Crippen LogP contribution in [0.3, 0.4) is 0 Å². The van der Waals surface area contributed by atoms with Gasteiger partial charge in [0.05, 0.1) is 5.69 Å². The molecule has 10 rings (SSSR count). The molecule has 0 amide bonds. The molecule has 0 N–H and O–H groups in total. The van der Waals surface area contributed by atoms with Gasteiger partial charge in [-0.15, -0.1) is 0 Å². The second-order valence-electron chi connectivity index (χ2n) is 15.8. The lowest BCUT2D eigenvalue weighted by Crippen LogP contribution is -2.19.